The monoisotopic (exact) mass is 272 g/mol. The van der Waals surface area contributed by atoms with Gasteiger partial charge in [-0.15, -0.1) is 0 Å². The van der Waals surface area contributed by atoms with Crippen molar-refractivity contribution in [2.75, 3.05) is 5.73 Å². The predicted octanol–water partition coefficient (Wildman–Crippen LogP) is 4.66. The number of nitrogens with zero attached hydrogens (tertiary/aromatic N) is 1. The molecule has 1 aromatic heterocycles. The van der Waals surface area contributed by atoms with Crippen LogP contribution >= 0.6 is 0 Å². The summed E-state index contributed by atoms with van der Waals surface area (Å²) < 4.78 is 0. The zero-order valence-electron chi connectivity index (χ0n) is 11.6. The van der Waals surface area contributed by atoms with Crippen molar-refractivity contribution in [3.8, 4) is 0 Å². The van der Waals surface area contributed by atoms with E-state index >= 15 is 0 Å². The minimum Gasteiger partial charge on any atom is -0.397 e. The van der Waals surface area contributed by atoms with Gasteiger partial charge < -0.3 is 5.73 Å². The van der Waals surface area contributed by atoms with E-state index in [0.29, 0.717) is 0 Å². The van der Waals surface area contributed by atoms with Crippen LogP contribution in [0.4, 0.5) is 5.69 Å². The van der Waals surface area contributed by atoms with E-state index in [9.17, 15) is 0 Å². The number of aromatic nitrogens is 1. The van der Waals surface area contributed by atoms with Gasteiger partial charge in [0, 0.05) is 11.6 Å². The number of pyridine rings is 1. The molecular weight excluding hydrogens is 256 g/mol. The molecule has 0 saturated heterocycles. The zero-order valence-corrected chi connectivity index (χ0v) is 11.6. The first-order valence-electron chi connectivity index (χ1n) is 6.87. The summed E-state index contributed by atoms with van der Waals surface area (Å²) in [7, 11) is 0. The van der Waals surface area contributed by atoms with Crippen LogP contribution in [-0.2, 0) is 0 Å². The third-order valence-electron chi connectivity index (χ3n) is 3.32. The van der Waals surface area contributed by atoms with E-state index in [4.69, 9.17) is 5.73 Å². The van der Waals surface area contributed by atoms with Crippen LogP contribution < -0.4 is 5.73 Å². The fraction of sp³-hybridized carbons (Fsp3) is 0. The van der Waals surface area contributed by atoms with Crippen molar-refractivity contribution in [2.24, 2.45) is 0 Å². The molecule has 0 aliphatic heterocycles. The summed E-state index contributed by atoms with van der Waals surface area (Å²) in [4.78, 5) is 4.16. The van der Waals surface area contributed by atoms with Crippen molar-refractivity contribution >= 4 is 27.4 Å². The Balaban J connectivity index is 0.000000126. The van der Waals surface area contributed by atoms with Crippen LogP contribution in [0.3, 0.4) is 0 Å². The first-order chi connectivity index (χ1) is 10.3. The maximum Gasteiger partial charge on any atom is 0.0931 e. The molecule has 0 bridgehead atoms. The highest BCUT2D eigenvalue weighted by Crippen LogP contribution is 2.16. The smallest absolute Gasteiger partial charge is 0.0931 e. The summed E-state index contributed by atoms with van der Waals surface area (Å²) in [6, 6.07) is 26.4. The Labute approximate surface area is 123 Å². The van der Waals surface area contributed by atoms with Gasteiger partial charge in [0.05, 0.1) is 11.2 Å². The summed E-state index contributed by atoms with van der Waals surface area (Å²) in [6.45, 7) is 0. The molecule has 2 heteroatoms. The van der Waals surface area contributed by atoms with Gasteiger partial charge in [-0.1, -0.05) is 66.7 Å². The minimum absolute atomic E-state index is 0.739. The van der Waals surface area contributed by atoms with Gasteiger partial charge >= 0.3 is 0 Å². The average Bonchev–Trinajstić information content (AvgIpc) is 2.56. The first kappa shape index (κ1) is 13.1. The number of nitrogens with two attached hydrogens (primary N) is 1. The molecule has 2 N–H and O–H groups in total. The molecule has 102 valence electrons. The lowest BCUT2D eigenvalue weighted by Gasteiger charge is -1.97. The van der Waals surface area contributed by atoms with Crippen LogP contribution in [0, 0.1) is 0 Å². The van der Waals surface area contributed by atoms with Gasteiger partial charge in [-0.3, -0.25) is 4.98 Å². The summed E-state index contributed by atoms with van der Waals surface area (Å²) in [6.07, 6.45) is 1.75. The molecule has 4 aromatic rings. The Morgan fingerprint density at radius 3 is 1.67 bits per heavy atom. The number of fused-ring (bicyclic) bond motifs is 2. The molecule has 0 atom stereocenters. The summed E-state index contributed by atoms with van der Waals surface area (Å²) in [5, 5.41) is 3.71. The highest BCUT2D eigenvalue weighted by atomic mass is 14.7. The molecule has 0 unspecified atom stereocenters. The van der Waals surface area contributed by atoms with Crippen molar-refractivity contribution in [1.29, 1.82) is 0 Å². The Hall–Kier alpha value is -2.87. The fourth-order valence-electron chi connectivity index (χ4n) is 2.26. The van der Waals surface area contributed by atoms with Gasteiger partial charge in [0.1, 0.15) is 0 Å². The molecule has 0 aliphatic rings. The number of nitrogen functional groups attached to an aromatic ring is 1. The Bertz CT molecular complexity index is 798. The first-order valence-corrected chi connectivity index (χ1v) is 6.87. The molecule has 1 heterocycles. The molecule has 2 nitrogen and oxygen atoms in total. The lowest BCUT2D eigenvalue weighted by atomic mass is 10.1. The number of benzene rings is 3. The Morgan fingerprint density at radius 2 is 1.10 bits per heavy atom. The van der Waals surface area contributed by atoms with E-state index in [1.807, 2.05) is 30.3 Å². The molecule has 4 rings (SSSR count). The number of hydrogen-bond donors (Lipinski definition) is 1. The van der Waals surface area contributed by atoms with Crippen molar-refractivity contribution in [1.82, 2.24) is 4.98 Å². The van der Waals surface area contributed by atoms with Gasteiger partial charge in [-0.2, -0.15) is 0 Å². The minimum atomic E-state index is 0.739. The van der Waals surface area contributed by atoms with Crippen molar-refractivity contribution in [3.63, 3.8) is 0 Å². The van der Waals surface area contributed by atoms with E-state index in [-0.39, 0.29) is 0 Å². The lowest BCUT2D eigenvalue weighted by Crippen LogP contribution is -1.87. The van der Waals surface area contributed by atoms with Crippen molar-refractivity contribution in [3.05, 3.63) is 85.1 Å². The van der Waals surface area contributed by atoms with Gasteiger partial charge in [0.2, 0.25) is 0 Å². The second-order valence-electron chi connectivity index (χ2n) is 4.77. The third kappa shape index (κ3) is 3.00. The second-order valence-corrected chi connectivity index (χ2v) is 4.77. The van der Waals surface area contributed by atoms with Crippen molar-refractivity contribution < 1.29 is 0 Å². The van der Waals surface area contributed by atoms with Crippen LogP contribution in [0.2, 0.25) is 0 Å². The summed E-state index contributed by atoms with van der Waals surface area (Å²) >= 11 is 0. The molecule has 0 aliphatic carbocycles. The SMILES string of the molecule is Nc1cccc2cccnc12.c1ccc2ccccc2c1. The van der Waals surface area contributed by atoms with Crippen LogP contribution in [-0.4, -0.2) is 4.98 Å². The predicted molar refractivity (Wildman–Crippen MR) is 90.1 cm³/mol. The van der Waals surface area contributed by atoms with Gasteiger partial charge in [-0.25, -0.2) is 0 Å². The number of para-hydroxylation sites is 1. The number of rotatable bonds is 0. The van der Waals surface area contributed by atoms with E-state index in [0.717, 1.165) is 16.6 Å². The third-order valence-corrected chi connectivity index (χ3v) is 3.32. The van der Waals surface area contributed by atoms with Gasteiger partial charge in [-0.05, 0) is 22.9 Å². The maximum atomic E-state index is 5.69. The van der Waals surface area contributed by atoms with Gasteiger partial charge in [0.25, 0.3) is 0 Å². The average molecular weight is 272 g/mol. The van der Waals surface area contributed by atoms with E-state index < -0.39 is 0 Å². The maximum absolute atomic E-state index is 5.69. The van der Waals surface area contributed by atoms with Crippen LogP contribution in [0.15, 0.2) is 85.1 Å². The van der Waals surface area contributed by atoms with Crippen LogP contribution in [0.25, 0.3) is 21.7 Å². The van der Waals surface area contributed by atoms with Crippen LogP contribution in [0.5, 0.6) is 0 Å². The van der Waals surface area contributed by atoms with E-state index in [2.05, 4.69) is 53.5 Å². The second kappa shape index (κ2) is 6.06. The molecule has 0 spiro atoms. The molecule has 0 radical (unpaired) electrons. The highest BCUT2D eigenvalue weighted by molar-refractivity contribution is 5.88. The molecule has 0 fully saturated rings. The molecular formula is C19H16N2. The molecule has 21 heavy (non-hydrogen) atoms. The summed E-state index contributed by atoms with van der Waals surface area (Å²) in [5.74, 6) is 0. The zero-order chi connectivity index (χ0) is 14.5. The largest absolute Gasteiger partial charge is 0.397 e. The van der Waals surface area contributed by atoms with Gasteiger partial charge in [0.15, 0.2) is 0 Å². The molecule has 0 amide bonds. The Morgan fingerprint density at radius 1 is 0.571 bits per heavy atom. The van der Waals surface area contributed by atoms with E-state index in [1.54, 1.807) is 6.20 Å². The summed E-state index contributed by atoms with van der Waals surface area (Å²) in [5.41, 5.74) is 7.32. The van der Waals surface area contributed by atoms with Crippen molar-refractivity contribution in [2.45, 2.75) is 0 Å². The van der Waals surface area contributed by atoms with E-state index in [1.165, 1.54) is 10.8 Å². The Kier molecular flexibility index (Phi) is 3.79. The standard InChI is InChI=1S/C10H8.C9H8N2/c1-2-6-10-8-4-3-7-9(10)5-1;10-8-5-1-3-7-4-2-6-11-9(7)8/h1-8H;1-6H,10H2. The normalized spacial score (nSPS) is 10.1. The topological polar surface area (TPSA) is 38.9 Å². The molecule has 3 aromatic carbocycles. The lowest BCUT2D eigenvalue weighted by molar-refractivity contribution is 1.41. The number of anilines is 1. The molecule has 0 saturated carbocycles. The fourth-order valence-corrected chi connectivity index (χ4v) is 2.26. The quantitative estimate of drug-likeness (QED) is 0.473. The van der Waals surface area contributed by atoms with Crippen LogP contribution in [0.1, 0.15) is 0 Å². The number of hydrogen-bond acceptors (Lipinski definition) is 2. The highest BCUT2D eigenvalue weighted by Gasteiger charge is 1.94.